The minimum atomic E-state index is 0. The molecule has 1 atom stereocenters. The zero-order valence-corrected chi connectivity index (χ0v) is 11.4. The molecule has 2 heterocycles. The fraction of sp³-hybridized carbons (Fsp3) is 0.818. The summed E-state index contributed by atoms with van der Waals surface area (Å²) in [4.78, 5) is 2.48. The Morgan fingerprint density at radius 3 is 3.00 bits per heavy atom. The fourth-order valence-electron chi connectivity index (χ4n) is 2.45. The first-order chi connectivity index (χ1) is 7.78. The SMILES string of the molecule is CNCC1CCCN(Cc2cn(C)nn2)C1.Cl. The first-order valence-electron chi connectivity index (χ1n) is 6.00. The molecule has 0 aromatic carbocycles. The van der Waals surface area contributed by atoms with E-state index in [2.05, 4.69) is 20.5 Å². The predicted octanol–water partition coefficient (Wildman–Crippen LogP) is 0.668. The minimum absolute atomic E-state index is 0. The van der Waals surface area contributed by atoms with Gasteiger partial charge in [-0.05, 0) is 38.9 Å². The lowest BCUT2D eigenvalue weighted by molar-refractivity contribution is 0.165. The van der Waals surface area contributed by atoms with E-state index in [-0.39, 0.29) is 12.4 Å². The molecule has 1 unspecified atom stereocenters. The molecular weight excluding hydrogens is 238 g/mol. The third kappa shape index (κ3) is 4.26. The van der Waals surface area contributed by atoms with Gasteiger partial charge in [-0.2, -0.15) is 0 Å². The van der Waals surface area contributed by atoms with Gasteiger partial charge in [0.1, 0.15) is 0 Å². The molecule has 0 bridgehead atoms. The van der Waals surface area contributed by atoms with Gasteiger partial charge in [0.25, 0.3) is 0 Å². The van der Waals surface area contributed by atoms with Gasteiger partial charge in [0.15, 0.2) is 0 Å². The maximum atomic E-state index is 4.14. The number of rotatable bonds is 4. The Bertz CT molecular complexity index is 325. The van der Waals surface area contributed by atoms with Crippen LogP contribution < -0.4 is 5.32 Å². The number of aryl methyl sites for hydroxylation is 1. The molecule has 98 valence electrons. The maximum absolute atomic E-state index is 4.14. The number of aromatic nitrogens is 3. The Hall–Kier alpha value is -0.650. The normalized spacial score (nSPS) is 21.2. The lowest BCUT2D eigenvalue weighted by Crippen LogP contribution is -2.38. The maximum Gasteiger partial charge on any atom is 0.0967 e. The molecule has 0 radical (unpaired) electrons. The highest BCUT2D eigenvalue weighted by molar-refractivity contribution is 5.85. The van der Waals surface area contributed by atoms with E-state index in [1.165, 1.54) is 25.9 Å². The summed E-state index contributed by atoms with van der Waals surface area (Å²) in [7, 11) is 3.94. The van der Waals surface area contributed by atoms with E-state index >= 15 is 0 Å². The Labute approximate surface area is 109 Å². The van der Waals surface area contributed by atoms with E-state index in [0.717, 1.165) is 24.7 Å². The topological polar surface area (TPSA) is 46.0 Å². The van der Waals surface area contributed by atoms with E-state index in [9.17, 15) is 0 Å². The molecule has 6 heteroatoms. The molecule has 0 spiro atoms. The molecule has 17 heavy (non-hydrogen) atoms. The summed E-state index contributed by atoms with van der Waals surface area (Å²) in [5, 5.41) is 11.4. The highest BCUT2D eigenvalue weighted by Gasteiger charge is 2.19. The van der Waals surface area contributed by atoms with Crippen molar-refractivity contribution in [2.24, 2.45) is 13.0 Å². The molecule has 0 saturated carbocycles. The molecule has 1 aliphatic heterocycles. The van der Waals surface area contributed by atoms with Gasteiger partial charge in [-0.1, -0.05) is 5.21 Å². The summed E-state index contributed by atoms with van der Waals surface area (Å²) in [6.45, 7) is 4.43. The van der Waals surface area contributed by atoms with Crippen molar-refractivity contribution >= 4 is 12.4 Å². The second kappa shape index (κ2) is 6.93. The average molecular weight is 260 g/mol. The number of hydrogen-bond donors (Lipinski definition) is 1. The summed E-state index contributed by atoms with van der Waals surface area (Å²) in [5.41, 5.74) is 1.08. The van der Waals surface area contributed by atoms with Crippen molar-refractivity contribution in [2.75, 3.05) is 26.7 Å². The summed E-state index contributed by atoms with van der Waals surface area (Å²) in [6, 6.07) is 0. The van der Waals surface area contributed by atoms with Crippen LogP contribution in [0.5, 0.6) is 0 Å². The number of hydrogen-bond acceptors (Lipinski definition) is 4. The van der Waals surface area contributed by atoms with Gasteiger partial charge in [0, 0.05) is 26.3 Å². The highest BCUT2D eigenvalue weighted by atomic mass is 35.5. The molecular formula is C11H22ClN5. The largest absolute Gasteiger partial charge is 0.319 e. The lowest BCUT2D eigenvalue weighted by atomic mass is 9.98. The van der Waals surface area contributed by atoms with Crippen LogP contribution in [0.15, 0.2) is 6.20 Å². The monoisotopic (exact) mass is 259 g/mol. The smallest absolute Gasteiger partial charge is 0.0967 e. The number of nitrogens with one attached hydrogen (secondary N) is 1. The number of likely N-dealkylation sites (tertiary alicyclic amines) is 1. The molecule has 5 nitrogen and oxygen atoms in total. The molecule has 0 amide bonds. The molecule has 1 fully saturated rings. The Kier molecular flexibility index (Phi) is 5.88. The second-order valence-electron chi connectivity index (χ2n) is 4.68. The quantitative estimate of drug-likeness (QED) is 0.863. The van der Waals surface area contributed by atoms with Crippen molar-refractivity contribution in [2.45, 2.75) is 19.4 Å². The molecule has 1 aliphatic rings. The van der Waals surface area contributed by atoms with E-state index in [4.69, 9.17) is 0 Å². The first-order valence-corrected chi connectivity index (χ1v) is 6.00. The Morgan fingerprint density at radius 1 is 1.53 bits per heavy atom. The molecule has 1 aromatic rings. The van der Waals surface area contributed by atoms with Crippen molar-refractivity contribution in [1.29, 1.82) is 0 Å². The van der Waals surface area contributed by atoms with Gasteiger partial charge >= 0.3 is 0 Å². The van der Waals surface area contributed by atoms with Gasteiger partial charge in [0.2, 0.25) is 0 Å². The van der Waals surface area contributed by atoms with Gasteiger partial charge in [-0.15, -0.1) is 17.5 Å². The van der Waals surface area contributed by atoms with E-state index in [1.54, 1.807) is 4.68 Å². The predicted molar refractivity (Wildman–Crippen MR) is 70.2 cm³/mol. The number of nitrogens with zero attached hydrogens (tertiary/aromatic N) is 4. The van der Waals surface area contributed by atoms with Gasteiger partial charge in [0.05, 0.1) is 5.69 Å². The third-order valence-corrected chi connectivity index (χ3v) is 3.13. The summed E-state index contributed by atoms with van der Waals surface area (Å²) in [5.74, 6) is 0.787. The zero-order chi connectivity index (χ0) is 11.4. The summed E-state index contributed by atoms with van der Waals surface area (Å²) < 4.78 is 1.77. The first kappa shape index (κ1) is 14.4. The van der Waals surface area contributed by atoms with Gasteiger partial charge in [-0.3, -0.25) is 9.58 Å². The average Bonchev–Trinajstić information content (AvgIpc) is 2.65. The molecule has 1 aromatic heterocycles. The van der Waals surface area contributed by atoms with E-state index in [1.807, 2.05) is 20.3 Å². The van der Waals surface area contributed by atoms with Crippen molar-refractivity contribution < 1.29 is 0 Å². The molecule has 0 aliphatic carbocycles. The molecule has 2 rings (SSSR count). The minimum Gasteiger partial charge on any atom is -0.319 e. The van der Waals surface area contributed by atoms with Crippen LogP contribution in [0.2, 0.25) is 0 Å². The Balaban J connectivity index is 0.00000144. The third-order valence-electron chi connectivity index (χ3n) is 3.13. The van der Waals surface area contributed by atoms with Crippen LogP contribution in [0.1, 0.15) is 18.5 Å². The molecule has 1 saturated heterocycles. The van der Waals surface area contributed by atoms with Crippen LogP contribution in [0.4, 0.5) is 0 Å². The summed E-state index contributed by atoms with van der Waals surface area (Å²) >= 11 is 0. The van der Waals surface area contributed by atoms with Gasteiger partial charge < -0.3 is 5.32 Å². The zero-order valence-electron chi connectivity index (χ0n) is 10.6. The Morgan fingerprint density at radius 2 is 2.35 bits per heavy atom. The summed E-state index contributed by atoms with van der Waals surface area (Å²) in [6.07, 6.45) is 4.64. The standard InChI is InChI=1S/C11H21N5.ClH/c1-12-6-10-4-3-5-16(7-10)9-11-8-15(2)14-13-11;/h8,10,12H,3-7,9H2,1-2H3;1H. The van der Waals surface area contributed by atoms with Gasteiger partial charge in [-0.25, -0.2) is 0 Å². The van der Waals surface area contributed by atoms with Crippen molar-refractivity contribution in [1.82, 2.24) is 25.2 Å². The van der Waals surface area contributed by atoms with Crippen molar-refractivity contribution in [3.05, 3.63) is 11.9 Å². The van der Waals surface area contributed by atoms with Crippen molar-refractivity contribution in [3.63, 3.8) is 0 Å². The number of piperidine rings is 1. The van der Waals surface area contributed by atoms with E-state index in [0.29, 0.717) is 0 Å². The highest BCUT2D eigenvalue weighted by Crippen LogP contribution is 2.17. The van der Waals surface area contributed by atoms with Crippen LogP contribution in [-0.4, -0.2) is 46.6 Å². The fourth-order valence-corrected chi connectivity index (χ4v) is 2.45. The molecule has 1 N–H and O–H groups in total. The second-order valence-corrected chi connectivity index (χ2v) is 4.68. The van der Waals surface area contributed by atoms with Crippen LogP contribution >= 0.6 is 12.4 Å². The van der Waals surface area contributed by atoms with E-state index < -0.39 is 0 Å². The van der Waals surface area contributed by atoms with Crippen LogP contribution in [0.3, 0.4) is 0 Å². The van der Waals surface area contributed by atoms with Crippen LogP contribution in [0.25, 0.3) is 0 Å². The van der Waals surface area contributed by atoms with Crippen LogP contribution in [-0.2, 0) is 13.6 Å². The van der Waals surface area contributed by atoms with Crippen LogP contribution in [0, 0.1) is 5.92 Å². The van der Waals surface area contributed by atoms with Crippen molar-refractivity contribution in [3.8, 4) is 0 Å². The lowest BCUT2D eigenvalue weighted by Gasteiger charge is -2.31. The number of halogens is 1.